The number of carbonyl (C=O) groups is 1. The number of ether oxygens (including phenoxy) is 1. The van der Waals surface area contributed by atoms with E-state index in [1.165, 1.54) is 12.1 Å². The predicted molar refractivity (Wildman–Crippen MR) is 76.1 cm³/mol. The third-order valence-corrected chi connectivity index (χ3v) is 5.31. The summed E-state index contributed by atoms with van der Waals surface area (Å²) in [4.78, 5) is 12.0. The van der Waals surface area contributed by atoms with Crippen molar-refractivity contribution < 1.29 is 23.1 Å². The van der Waals surface area contributed by atoms with E-state index in [0.717, 1.165) is 9.87 Å². The predicted octanol–water partition coefficient (Wildman–Crippen LogP) is 0.682. The van der Waals surface area contributed by atoms with E-state index in [2.05, 4.69) is 0 Å². The van der Waals surface area contributed by atoms with Crippen LogP contribution in [0.25, 0.3) is 0 Å². The molecule has 0 radical (unpaired) electrons. The van der Waals surface area contributed by atoms with Gasteiger partial charge in [0, 0.05) is 13.0 Å². The van der Waals surface area contributed by atoms with Gasteiger partial charge >= 0.3 is 5.97 Å². The topological polar surface area (TPSA) is 83.9 Å². The standard InChI is InChI=1S/C14H19NO5S/c1-3-20-14(17)13-8-11(16)9-15(13)21(18,19)12-6-4-10(2)5-7-12/h4-7,11,13,16H,3,8-9H2,1-2H3/t11?,13-/m0/s1. The fourth-order valence-corrected chi connectivity index (χ4v) is 3.97. The molecule has 0 aliphatic carbocycles. The van der Waals surface area contributed by atoms with E-state index >= 15 is 0 Å². The zero-order chi connectivity index (χ0) is 15.6. The van der Waals surface area contributed by atoms with Crippen molar-refractivity contribution in [3.05, 3.63) is 29.8 Å². The highest BCUT2D eigenvalue weighted by Gasteiger charge is 2.44. The molecule has 1 fully saturated rings. The van der Waals surface area contributed by atoms with Crippen LogP contribution in [0.5, 0.6) is 0 Å². The van der Waals surface area contributed by atoms with Crippen LogP contribution in [-0.2, 0) is 19.6 Å². The van der Waals surface area contributed by atoms with E-state index in [4.69, 9.17) is 4.74 Å². The van der Waals surface area contributed by atoms with Crippen molar-refractivity contribution in [3.8, 4) is 0 Å². The Balaban J connectivity index is 2.33. The Kier molecular flexibility index (Phi) is 4.65. The Morgan fingerprint density at radius 3 is 2.57 bits per heavy atom. The number of hydrogen-bond donors (Lipinski definition) is 1. The van der Waals surface area contributed by atoms with Gasteiger partial charge in [-0.3, -0.25) is 4.79 Å². The molecule has 1 aromatic carbocycles. The second-order valence-corrected chi connectivity index (χ2v) is 6.94. The fraction of sp³-hybridized carbons (Fsp3) is 0.500. The molecule has 116 valence electrons. The Morgan fingerprint density at radius 2 is 2.00 bits per heavy atom. The Hall–Kier alpha value is -1.44. The number of β-amino-alcohol motifs (C(OH)–C–C–N with tert-alkyl or cyclic N) is 1. The highest BCUT2D eigenvalue weighted by molar-refractivity contribution is 7.89. The molecule has 1 heterocycles. The number of aliphatic hydroxyl groups excluding tert-OH is 1. The van der Waals surface area contributed by atoms with Crippen LogP contribution in [0.15, 0.2) is 29.2 Å². The highest BCUT2D eigenvalue weighted by Crippen LogP contribution is 2.27. The van der Waals surface area contributed by atoms with Crippen molar-refractivity contribution in [2.45, 2.75) is 37.3 Å². The normalized spacial score (nSPS) is 23.2. The van der Waals surface area contributed by atoms with Gasteiger partial charge in [-0.15, -0.1) is 0 Å². The molecule has 1 N–H and O–H groups in total. The van der Waals surface area contributed by atoms with E-state index in [1.54, 1.807) is 19.1 Å². The van der Waals surface area contributed by atoms with Gasteiger partial charge in [-0.1, -0.05) is 17.7 Å². The van der Waals surface area contributed by atoms with Crippen molar-refractivity contribution in [1.82, 2.24) is 4.31 Å². The third-order valence-electron chi connectivity index (χ3n) is 3.42. The number of carbonyl (C=O) groups excluding carboxylic acids is 1. The number of aliphatic hydroxyl groups is 1. The van der Waals surface area contributed by atoms with Gasteiger partial charge < -0.3 is 9.84 Å². The molecule has 2 atom stereocenters. The average molecular weight is 313 g/mol. The molecule has 0 amide bonds. The van der Waals surface area contributed by atoms with Crippen LogP contribution < -0.4 is 0 Å². The van der Waals surface area contributed by atoms with Gasteiger partial charge in [-0.25, -0.2) is 8.42 Å². The minimum Gasteiger partial charge on any atom is -0.465 e. The summed E-state index contributed by atoms with van der Waals surface area (Å²) in [7, 11) is -3.83. The molecule has 1 aliphatic rings. The monoisotopic (exact) mass is 313 g/mol. The molecule has 1 unspecified atom stereocenters. The minimum atomic E-state index is -3.83. The minimum absolute atomic E-state index is 0.0594. The third kappa shape index (κ3) is 3.25. The summed E-state index contributed by atoms with van der Waals surface area (Å²) < 4.78 is 31.2. The largest absolute Gasteiger partial charge is 0.465 e. The molecule has 2 rings (SSSR count). The first-order valence-corrected chi connectivity index (χ1v) is 8.23. The average Bonchev–Trinajstić information content (AvgIpc) is 2.82. The van der Waals surface area contributed by atoms with Gasteiger partial charge in [0.2, 0.25) is 10.0 Å². The zero-order valence-electron chi connectivity index (χ0n) is 12.0. The first-order valence-electron chi connectivity index (χ1n) is 6.79. The molecular formula is C14H19NO5S. The molecular weight excluding hydrogens is 294 g/mol. The van der Waals surface area contributed by atoms with Gasteiger partial charge in [0.1, 0.15) is 6.04 Å². The molecule has 0 spiro atoms. The SMILES string of the molecule is CCOC(=O)[C@@H]1CC(O)CN1S(=O)(=O)c1ccc(C)cc1. The molecule has 7 heteroatoms. The van der Waals surface area contributed by atoms with Crippen molar-refractivity contribution in [2.75, 3.05) is 13.2 Å². The number of esters is 1. The smallest absolute Gasteiger partial charge is 0.324 e. The number of nitrogens with zero attached hydrogens (tertiary/aromatic N) is 1. The maximum Gasteiger partial charge on any atom is 0.324 e. The summed E-state index contributed by atoms with van der Waals surface area (Å²) >= 11 is 0. The summed E-state index contributed by atoms with van der Waals surface area (Å²) in [6.07, 6.45) is -0.802. The summed E-state index contributed by atoms with van der Waals surface area (Å²) in [5.41, 5.74) is 0.942. The van der Waals surface area contributed by atoms with Crippen molar-refractivity contribution >= 4 is 16.0 Å². The van der Waals surface area contributed by atoms with Crippen molar-refractivity contribution in [1.29, 1.82) is 0 Å². The second-order valence-electron chi connectivity index (χ2n) is 5.05. The number of rotatable bonds is 4. The first-order chi connectivity index (χ1) is 9.86. The number of sulfonamides is 1. The van der Waals surface area contributed by atoms with Crippen molar-refractivity contribution in [3.63, 3.8) is 0 Å². The molecule has 21 heavy (non-hydrogen) atoms. The van der Waals surface area contributed by atoms with Crippen LogP contribution in [-0.4, -0.2) is 49.1 Å². The highest BCUT2D eigenvalue weighted by atomic mass is 32.2. The van der Waals surface area contributed by atoms with Crippen LogP contribution in [0, 0.1) is 6.92 Å². The number of hydrogen-bond acceptors (Lipinski definition) is 5. The van der Waals surface area contributed by atoms with Crippen molar-refractivity contribution in [2.24, 2.45) is 0 Å². The van der Waals surface area contributed by atoms with Gasteiger partial charge in [0.15, 0.2) is 0 Å². The van der Waals surface area contributed by atoms with E-state index in [9.17, 15) is 18.3 Å². The second kappa shape index (κ2) is 6.13. The van der Waals surface area contributed by atoms with E-state index < -0.39 is 28.1 Å². The molecule has 1 saturated heterocycles. The lowest BCUT2D eigenvalue weighted by Gasteiger charge is -2.22. The lowest BCUT2D eigenvalue weighted by Crippen LogP contribution is -2.41. The number of aryl methyl sites for hydroxylation is 1. The molecule has 0 aromatic heterocycles. The molecule has 0 saturated carbocycles. The van der Waals surface area contributed by atoms with Crippen LogP contribution in [0.1, 0.15) is 18.9 Å². The molecule has 1 aromatic rings. The maximum absolute atomic E-state index is 12.6. The van der Waals surface area contributed by atoms with Gasteiger partial charge in [-0.05, 0) is 26.0 Å². The van der Waals surface area contributed by atoms with E-state index in [1.807, 2.05) is 6.92 Å². The van der Waals surface area contributed by atoms with Crippen LogP contribution in [0.4, 0.5) is 0 Å². The van der Waals surface area contributed by atoms with Crippen LogP contribution in [0.3, 0.4) is 0 Å². The Labute approximate surface area is 124 Å². The lowest BCUT2D eigenvalue weighted by molar-refractivity contribution is -0.147. The maximum atomic E-state index is 12.6. The molecule has 6 nitrogen and oxygen atoms in total. The lowest BCUT2D eigenvalue weighted by atomic mass is 10.2. The summed E-state index contributed by atoms with van der Waals surface area (Å²) in [6.45, 7) is 3.59. The van der Waals surface area contributed by atoms with E-state index in [-0.39, 0.29) is 24.5 Å². The Bertz CT molecular complexity index is 611. The van der Waals surface area contributed by atoms with Crippen LogP contribution in [0.2, 0.25) is 0 Å². The zero-order valence-corrected chi connectivity index (χ0v) is 12.8. The van der Waals surface area contributed by atoms with E-state index in [0.29, 0.717) is 0 Å². The van der Waals surface area contributed by atoms with Crippen LogP contribution >= 0.6 is 0 Å². The van der Waals surface area contributed by atoms with Gasteiger partial charge in [-0.2, -0.15) is 4.31 Å². The number of benzene rings is 1. The van der Waals surface area contributed by atoms with Gasteiger partial charge in [0.05, 0.1) is 17.6 Å². The molecule has 1 aliphatic heterocycles. The summed E-state index contributed by atoms with van der Waals surface area (Å²) in [5.74, 6) is -0.621. The van der Waals surface area contributed by atoms with Gasteiger partial charge in [0.25, 0.3) is 0 Å². The first kappa shape index (κ1) is 15.9. The summed E-state index contributed by atoms with van der Waals surface area (Å²) in [6, 6.07) is 5.42. The Morgan fingerprint density at radius 1 is 1.38 bits per heavy atom. The fourth-order valence-electron chi connectivity index (χ4n) is 2.35. The summed E-state index contributed by atoms with van der Waals surface area (Å²) in [5, 5.41) is 9.73. The quantitative estimate of drug-likeness (QED) is 0.827. The molecule has 0 bridgehead atoms.